The van der Waals surface area contributed by atoms with Crippen LogP contribution in [0.2, 0.25) is 10.0 Å². The molecule has 0 saturated carbocycles. The van der Waals surface area contributed by atoms with Crippen LogP contribution < -0.4 is 4.74 Å². The smallest absolute Gasteiger partial charge is 0.339 e. The van der Waals surface area contributed by atoms with Crippen molar-refractivity contribution < 1.29 is 18.7 Å². The van der Waals surface area contributed by atoms with Gasteiger partial charge in [0.2, 0.25) is 0 Å². The second-order valence-corrected chi connectivity index (χ2v) is 11.5. The fraction of sp³-hybridized carbons (Fsp3) is 0.214. The maximum atomic E-state index is 14.3. The van der Waals surface area contributed by atoms with Crippen molar-refractivity contribution in [2.75, 3.05) is 14.2 Å². The van der Waals surface area contributed by atoms with Gasteiger partial charge in [-0.3, -0.25) is 4.57 Å². The second kappa shape index (κ2) is 11.7. The van der Waals surface area contributed by atoms with E-state index in [4.69, 9.17) is 37.7 Å². The number of ether oxygens (including phenoxy) is 2. The van der Waals surface area contributed by atoms with Crippen molar-refractivity contribution in [2.24, 2.45) is 0 Å². The number of hydrogen-bond donors (Lipinski definition) is 0. The molecular formula is C28H24BrCl2FN2O3S. The molecule has 0 atom stereocenters. The predicted octanol–water partition coefficient (Wildman–Crippen LogP) is 8.49. The van der Waals surface area contributed by atoms with Gasteiger partial charge < -0.3 is 9.47 Å². The van der Waals surface area contributed by atoms with Gasteiger partial charge in [0.05, 0.1) is 47.4 Å². The summed E-state index contributed by atoms with van der Waals surface area (Å²) < 4.78 is 27.1. The van der Waals surface area contributed by atoms with Crippen LogP contribution in [0.3, 0.4) is 0 Å². The number of halogens is 4. The van der Waals surface area contributed by atoms with Gasteiger partial charge in [0.1, 0.15) is 0 Å². The standard InChI is InChI=1S/C28H24BrCl2FN2O3S/c1-28(2,17-6-9-21(30)22(31)12-17)25-14-33-27(34(25)18-7-10-23(32)24(13-18)36-3)38-15-16-5-8-20(29)19(11-16)26(35)37-4/h5-14H,15H2,1-4H3. The highest BCUT2D eigenvalue weighted by atomic mass is 79.9. The molecule has 10 heteroatoms. The average Bonchev–Trinajstić information content (AvgIpc) is 3.34. The van der Waals surface area contributed by atoms with E-state index in [-0.39, 0.29) is 5.75 Å². The molecule has 1 aromatic heterocycles. The van der Waals surface area contributed by atoms with Crippen LogP contribution >= 0.6 is 50.9 Å². The van der Waals surface area contributed by atoms with Crippen LogP contribution in [0.15, 0.2) is 70.4 Å². The van der Waals surface area contributed by atoms with E-state index in [0.29, 0.717) is 36.7 Å². The molecule has 0 fully saturated rings. The molecule has 0 bridgehead atoms. The van der Waals surface area contributed by atoms with Gasteiger partial charge in [0, 0.05) is 21.7 Å². The Morgan fingerprint density at radius 3 is 2.53 bits per heavy atom. The number of hydrogen-bond acceptors (Lipinski definition) is 5. The largest absolute Gasteiger partial charge is 0.494 e. The predicted molar refractivity (Wildman–Crippen MR) is 154 cm³/mol. The van der Waals surface area contributed by atoms with Crippen molar-refractivity contribution in [3.63, 3.8) is 0 Å². The molecular weight excluding hydrogens is 614 g/mol. The van der Waals surface area contributed by atoms with E-state index in [2.05, 4.69) is 29.8 Å². The quantitative estimate of drug-likeness (QED) is 0.143. The number of methoxy groups -OCH3 is 2. The van der Waals surface area contributed by atoms with Gasteiger partial charge in [-0.2, -0.15) is 0 Å². The summed E-state index contributed by atoms with van der Waals surface area (Å²) in [5.74, 6) is -0.226. The van der Waals surface area contributed by atoms with Gasteiger partial charge in [0.25, 0.3) is 0 Å². The summed E-state index contributed by atoms with van der Waals surface area (Å²) >= 11 is 17.4. The average molecular weight is 638 g/mol. The zero-order valence-corrected chi connectivity index (χ0v) is 24.9. The Hall–Kier alpha value is -2.52. The van der Waals surface area contributed by atoms with Crippen molar-refractivity contribution >= 4 is 56.9 Å². The molecule has 1 heterocycles. The Bertz CT molecular complexity index is 1510. The molecule has 0 saturated heterocycles. The maximum absolute atomic E-state index is 14.3. The minimum absolute atomic E-state index is 0.126. The van der Waals surface area contributed by atoms with Crippen LogP contribution in [0.1, 0.15) is 41.0 Å². The van der Waals surface area contributed by atoms with Gasteiger partial charge in [-0.05, 0) is 63.5 Å². The van der Waals surface area contributed by atoms with Crippen LogP contribution in [0.4, 0.5) is 4.39 Å². The number of esters is 1. The highest BCUT2D eigenvalue weighted by Crippen LogP contribution is 2.39. The highest BCUT2D eigenvalue weighted by molar-refractivity contribution is 9.10. The zero-order valence-electron chi connectivity index (χ0n) is 21.0. The summed E-state index contributed by atoms with van der Waals surface area (Å²) in [5, 5.41) is 1.61. The monoisotopic (exact) mass is 636 g/mol. The van der Waals surface area contributed by atoms with Crippen molar-refractivity contribution in [1.82, 2.24) is 9.55 Å². The molecule has 0 aliphatic heterocycles. The molecule has 0 aliphatic carbocycles. The van der Waals surface area contributed by atoms with E-state index < -0.39 is 17.2 Å². The van der Waals surface area contributed by atoms with Crippen LogP contribution in [-0.2, 0) is 15.9 Å². The number of rotatable bonds is 8. The van der Waals surface area contributed by atoms with E-state index in [1.807, 2.05) is 35.0 Å². The van der Waals surface area contributed by atoms with Gasteiger partial charge in [-0.1, -0.05) is 60.9 Å². The molecule has 0 spiro atoms. The summed E-state index contributed by atoms with van der Waals surface area (Å²) in [6.07, 6.45) is 1.81. The maximum Gasteiger partial charge on any atom is 0.339 e. The lowest BCUT2D eigenvalue weighted by molar-refractivity contribution is 0.0599. The first-order chi connectivity index (χ1) is 18.1. The number of carbonyl (C=O) groups excluding carboxylic acids is 1. The topological polar surface area (TPSA) is 53.3 Å². The third-order valence-corrected chi connectivity index (χ3v) is 8.66. The molecule has 0 unspecified atom stereocenters. The number of carbonyl (C=O) groups is 1. The third-order valence-electron chi connectivity index (χ3n) is 6.21. The third kappa shape index (κ3) is 5.73. The SMILES string of the molecule is COC(=O)c1cc(CSc2ncc(C(C)(C)c3ccc(Cl)c(Cl)c3)n2-c2ccc(F)c(OC)c2)ccc1Br. The fourth-order valence-corrected chi connectivity index (χ4v) is 5.67. The highest BCUT2D eigenvalue weighted by Gasteiger charge is 2.30. The Morgan fingerprint density at radius 2 is 1.84 bits per heavy atom. The van der Waals surface area contributed by atoms with Gasteiger partial charge in [-0.25, -0.2) is 14.2 Å². The molecule has 0 amide bonds. The van der Waals surface area contributed by atoms with Crippen molar-refractivity contribution in [3.05, 3.63) is 104 Å². The van der Waals surface area contributed by atoms with Gasteiger partial charge >= 0.3 is 5.97 Å². The minimum atomic E-state index is -0.544. The first kappa shape index (κ1) is 28.5. The van der Waals surface area contributed by atoms with Crippen LogP contribution in [0.5, 0.6) is 5.75 Å². The van der Waals surface area contributed by atoms with E-state index in [0.717, 1.165) is 16.8 Å². The first-order valence-corrected chi connectivity index (χ1v) is 14.0. The minimum Gasteiger partial charge on any atom is -0.494 e. The molecule has 3 aromatic carbocycles. The van der Waals surface area contributed by atoms with E-state index in [9.17, 15) is 9.18 Å². The number of nitrogens with zero attached hydrogens (tertiary/aromatic N) is 2. The molecule has 0 radical (unpaired) electrons. The van der Waals surface area contributed by atoms with Gasteiger partial charge in [-0.15, -0.1) is 0 Å². The van der Waals surface area contributed by atoms with E-state index in [1.54, 1.807) is 24.3 Å². The van der Waals surface area contributed by atoms with Gasteiger partial charge in [0.15, 0.2) is 16.7 Å². The molecule has 4 rings (SSSR count). The molecule has 0 N–H and O–H groups in total. The number of benzene rings is 3. The summed E-state index contributed by atoms with van der Waals surface area (Å²) in [5.41, 5.74) is 3.30. The Labute approximate surface area is 243 Å². The fourth-order valence-electron chi connectivity index (χ4n) is 4.02. The molecule has 38 heavy (non-hydrogen) atoms. The second-order valence-electron chi connectivity index (χ2n) is 8.93. The van der Waals surface area contributed by atoms with Crippen molar-refractivity contribution in [1.29, 1.82) is 0 Å². The number of thioether (sulfide) groups is 1. The molecule has 0 aliphatic rings. The molecule has 198 valence electrons. The van der Waals surface area contributed by atoms with Crippen molar-refractivity contribution in [3.8, 4) is 11.4 Å². The summed E-state index contributed by atoms with van der Waals surface area (Å²) in [6, 6.07) is 15.8. The summed E-state index contributed by atoms with van der Waals surface area (Å²) in [4.78, 5) is 16.9. The lowest BCUT2D eigenvalue weighted by Crippen LogP contribution is -2.23. The van der Waals surface area contributed by atoms with Crippen molar-refractivity contribution in [2.45, 2.75) is 30.2 Å². The summed E-state index contributed by atoms with van der Waals surface area (Å²) in [7, 11) is 2.78. The molecule has 5 nitrogen and oxygen atoms in total. The van der Waals surface area contributed by atoms with E-state index >= 15 is 0 Å². The Balaban J connectivity index is 1.79. The van der Waals surface area contributed by atoms with Crippen LogP contribution in [0, 0.1) is 5.82 Å². The Morgan fingerprint density at radius 1 is 1.08 bits per heavy atom. The lowest BCUT2D eigenvalue weighted by atomic mass is 9.81. The Kier molecular flexibility index (Phi) is 8.77. The normalized spacial score (nSPS) is 11.5. The van der Waals surface area contributed by atoms with Crippen LogP contribution in [0.25, 0.3) is 5.69 Å². The number of imidazole rings is 1. The zero-order chi connectivity index (χ0) is 27.6. The van der Waals surface area contributed by atoms with E-state index in [1.165, 1.54) is 32.0 Å². The number of aromatic nitrogens is 2. The molecule has 4 aromatic rings. The first-order valence-electron chi connectivity index (χ1n) is 11.4. The van der Waals surface area contributed by atoms with Crippen LogP contribution in [-0.4, -0.2) is 29.7 Å². The lowest BCUT2D eigenvalue weighted by Gasteiger charge is -2.28. The summed E-state index contributed by atoms with van der Waals surface area (Å²) in [6.45, 7) is 4.12.